The molecule has 9 nitrogen and oxygen atoms in total. The van der Waals surface area contributed by atoms with Crippen LogP contribution in [0.25, 0.3) is 0 Å². The summed E-state index contributed by atoms with van der Waals surface area (Å²) in [5, 5.41) is 6.71. The van der Waals surface area contributed by atoms with E-state index in [-0.39, 0.29) is 11.4 Å². The van der Waals surface area contributed by atoms with Gasteiger partial charge in [0.15, 0.2) is 0 Å². The molecule has 0 atom stereocenters. The van der Waals surface area contributed by atoms with E-state index < -0.39 is 15.9 Å². The van der Waals surface area contributed by atoms with Gasteiger partial charge in [-0.25, -0.2) is 18.1 Å². The summed E-state index contributed by atoms with van der Waals surface area (Å²) < 4.78 is 33.9. The standard InChI is InChI=1S/C21H25N5O4S/c1-16-7-8-20(11-17(16)2)31(28,29)25(3)13-21(27)24-18-5-4-6-19(12-18)30-10-9-26-15-22-14-23-26/h4-8,11-12,14-15H,9-10,13H2,1-3H3,(H,24,27). The van der Waals surface area contributed by atoms with Gasteiger partial charge >= 0.3 is 0 Å². The van der Waals surface area contributed by atoms with Gasteiger partial charge in [-0.15, -0.1) is 0 Å². The van der Waals surface area contributed by atoms with Crippen molar-refractivity contribution in [3.63, 3.8) is 0 Å². The van der Waals surface area contributed by atoms with E-state index in [0.29, 0.717) is 24.6 Å². The van der Waals surface area contributed by atoms with Gasteiger partial charge in [-0.3, -0.25) is 4.79 Å². The van der Waals surface area contributed by atoms with Crippen LogP contribution in [0.3, 0.4) is 0 Å². The molecule has 0 saturated heterocycles. The zero-order valence-corrected chi connectivity index (χ0v) is 18.5. The van der Waals surface area contributed by atoms with Crippen molar-refractivity contribution in [3.8, 4) is 5.75 Å². The van der Waals surface area contributed by atoms with Crippen molar-refractivity contribution in [3.05, 3.63) is 66.2 Å². The van der Waals surface area contributed by atoms with E-state index in [1.807, 2.05) is 13.8 Å². The van der Waals surface area contributed by atoms with Crippen LogP contribution in [0.15, 0.2) is 60.0 Å². The molecule has 3 rings (SSSR count). The summed E-state index contributed by atoms with van der Waals surface area (Å²) in [6.45, 7) is 4.37. The van der Waals surface area contributed by atoms with Gasteiger partial charge < -0.3 is 10.1 Å². The lowest BCUT2D eigenvalue weighted by atomic mass is 10.1. The molecule has 0 aliphatic carbocycles. The van der Waals surface area contributed by atoms with Gasteiger partial charge in [0.25, 0.3) is 0 Å². The van der Waals surface area contributed by atoms with E-state index in [1.54, 1.807) is 53.5 Å². The van der Waals surface area contributed by atoms with Crippen LogP contribution in [0, 0.1) is 13.8 Å². The number of hydrogen-bond acceptors (Lipinski definition) is 6. The summed E-state index contributed by atoms with van der Waals surface area (Å²) in [6, 6.07) is 11.8. The molecule has 0 radical (unpaired) electrons. The number of likely N-dealkylation sites (N-methyl/N-ethyl adjacent to an activating group) is 1. The fourth-order valence-corrected chi connectivity index (χ4v) is 4.02. The topological polar surface area (TPSA) is 106 Å². The third-order valence-corrected chi connectivity index (χ3v) is 6.53. The lowest BCUT2D eigenvalue weighted by Gasteiger charge is -2.18. The second-order valence-electron chi connectivity index (χ2n) is 7.09. The fourth-order valence-electron chi connectivity index (χ4n) is 2.81. The van der Waals surface area contributed by atoms with Crippen LogP contribution in [-0.4, -0.2) is 53.6 Å². The number of aromatic nitrogens is 3. The van der Waals surface area contributed by atoms with Crippen molar-refractivity contribution >= 4 is 21.6 Å². The Hall–Kier alpha value is -3.24. The SMILES string of the molecule is Cc1ccc(S(=O)(=O)N(C)CC(=O)Nc2cccc(OCCn3cncn3)c2)cc1C. The summed E-state index contributed by atoms with van der Waals surface area (Å²) in [5.74, 6) is 0.128. The highest BCUT2D eigenvalue weighted by Crippen LogP contribution is 2.19. The first kappa shape index (κ1) is 22.4. The maximum atomic E-state index is 12.8. The molecule has 164 valence electrons. The van der Waals surface area contributed by atoms with Gasteiger partial charge in [0.2, 0.25) is 15.9 Å². The fraction of sp³-hybridized carbons (Fsp3) is 0.286. The first-order valence-corrected chi connectivity index (χ1v) is 11.1. The maximum Gasteiger partial charge on any atom is 0.243 e. The Kier molecular flexibility index (Phi) is 7.03. The van der Waals surface area contributed by atoms with Gasteiger partial charge in [0.1, 0.15) is 25.0 Å². The van der Waals surface area contributed by atoms with Gasteiger partial charge in [-0.1, -0.05) is 12.1 Å². The van der Waals surface area contributed by atoms with Crippen LogP contribution < -0.4 is 10.1 Å². The summed E-state index contributed by atoms with van der Waals surface area (Å²) >= 11 is 0. The molecule has 2 aromatic carbocycles. The highest BCUT2D eigenvalue weighted by atomic mass is 32.2. The van der Waals surface area contributed by atoms with E-state index in [1.165, 1.54) is 13.4 Å². The molecule has 0 aliphatic heterocycles. The highest BCUT2D eigenvalue weighted by Gasteiger charge is 2.23. The number of hydrogen-bond donors (Lipinski definition) is 1. The average molecular weight is 444 g/mol. The largest absolute Gasteiger partial charge is 0.492 e. The predicted octanol–water partition coefficient (Wildman–Crippen LogP) is 2.23. The molecule has 1 aromatic heterocycles. The van der Waals surface area contributed by atoms with Crippen LogP contribution >= 0.6 is 0 Å². The number of carbonyl (C=O) groups is 1. The third kappa shape index (κ3) is 5.89. The molecule has 3 aromatic rings. The minimum Gasteiger partial charge on any atom is -0.492 e. The zero-order valence-electron chi connectivity index (χ0n) is 17.6. The molecule has 0 fully saturated rings. The lowest BCUT2D eigenvalue weighted by Crippen LogP contribution is -2.35. The summed E-state index contributed by atoms with van der Waals surface area (Å²) in [5.41, 5.74) is 2.39. The Bertz CT molecular complexity index is 1150. The van der Waals surface area contributed by atoms with Crippen LogP contribution in [0.1, 0.15) is 11.1 Å². The molecule has 0 saturated carbocycles. The van der Waals surface area contributed by atoms with Crippen LogP contribution in [-0.2, 0) is 21.4 Å². The smallest absolute Gasteiger partial charge is 0.243 e. The number of anilines is 1. The Morgan fingerprint density at radius 2 is 1.97 bits per heavy atom. The minimum atomic E-state index is -3.77. The molecular formula is C21H25N5O4S. The van der Waals surface area contributed by atoms with E-state index >= 15 is 0 Å². The molecule has 0 unspecified atom stereocenters. The molecule has 10 heteroatoms. The van der Waals surface area contributed by atoms with Gasteiger partial charge in [0.05, 0.1) is 18.0 Å². The van der Waals surface area contributed by atoms with Crippen LogP contribution in [0.4, 0.5) is 5.69 Å². The number of rotatable bonds is 9. The first-order chi connectivity index (χ1) is 14.8. The second-order valence-corrected chi connectivity index (χ2v) is 9.14. The lowest BCUT2D eigenvalue weighted by molar-refractivity contribution is -0.116. The predicted molar refractivity (Wildman–Crippen MR) is 116 cm³/mol. The Morgan fingerprint density at radius 3 is 2.68 bits per heavy atom. The van der Waals surface area contributed by atoms with Gasteiger partial charge in [-0.2, -0.15) is 9.40 Å². The van der Waals surface area contributed by atoms with Crippen molar-refractivity contribution in [2.45, 2.75) is 25.3 Å². The Balaban J connectivity index is 1.57. The van der Waals surface area contributed by atoms with E-state index in [2.05, 4.69) is 15.4 Å². The minimum absolute atomic E-state index is 0.161. The first-order valence-electron chi connectivity index (χ1n) is 9.64. The Morgan fingerprint density at radius 1 is 1.16 bits per heavy atom. The molecular weight excluding hydrogens is 418 g/mol. The second kappa shape index (κ2) is 9.71. The molecule has 0 bridgehead atoms. The summed E-state index contributed by atoms with van der Waals surface area (Å²) in [6.07, 6.45) is 3.05. The Labute approximate surface area is 181 Å². The van der Waals surface area contributed by atoms with Gasteiger partial charge in [-0.05, 0) is 49.2 Å². The molecule has 0 spiro atoms. The average Bonchev–Trinajstić information content (AvgIpc) is 3.23. The maximum absolute atomic E-state index is 12.8. The normalized spacial score (nSPS) is 11.5. The number of nitrogens with one attached hydrogen (secondary N) is 1. The molecule has 1 heterocycles. The van der Waals surface area contributed by atoms with E-state index in [9.17, 15) is 13.2 Å². The van der Waals surface area contributed by atoms with Gasteiger partial charge in [0, 0.05) is 18.8 Å². The van der Waals surface area contributed by atoms with Crippen molar-refractivity contribution in [1.29, 1.82) is 0 Å². The number of nitrogens with zero attached hydrogens (tertiary/aromatic N) is 4. The van der Waals surface area contributed by atoms with Crippen molar-refractivity contribution in [1.82, 2.24) is 19.1 Å². The number of aryl methyl sites for hydroxylation is 2. The van der Waals surface area contributed by atoms with Crippen molar-refractivity contribution in [2.75, 3.05) is 25.5 Å². The number of carbonyl (C=O) groups excluding carboxylic acids is 1. The monoisotopic (exact) mass is 443 g/mol. The van der Waals surface area contributed by atoms with E-state index in [0.717, 1.165) is 15.4 Å². The number of ether oxygens (including phenoxy) is 1. The third-order valence-electron chi connectivity index (χ3n) is 4.73. The van der Waals surface area contributed by atoms with Crippen LogP contribution in [0.5, 0.6) is 5.75 Å². The quantitative estimate of drug-likeness (QED) is 0.544. The molecule has 1 N–H and O–H groups in total. The van der Waals surface area contributed by atoms with Crippen molar-refractivity contribution < 1.29 is 17.9 Å². The molecule has 31 heavy (non-hydrogen) atoms. The van der Waals surface area contributed by atoms with Crippen molar-refractivity contribution in [2.24, 2.45) is 0 Å². The number of sulfonamides is 1. The zero-order chi connectivity index (χ0) is 22.4. The molecule has 1 amide bonds. The van der Waals surface area contributed by atoms with E-state index in [4.69, 9.17) is 4.74 Å². The number of benzene rings is 2. The summed E-state index contributed by atoms with van der Waals surface area (Å²) in [7, 11) is -2.39. The molecule has 0 aliphatic rings. The number of amides is 1. The summed E-state index contributed by atoms with van der Waals surface area (Å²) in [4.78, 5) is 16.5. The highest BCUT2D eigenvalue weighted by molar-refractivity contribution is 7.89. The van der Waals surface area contributed by atoms with Crippen LogP contribution in [0.2, 0.25) is 0 Å².